The number of hydrogen-bond acceptors (Lipinski definition) is 24. The number of methoxy groups -OCH3 is 4. The molecule has 7 heterocycles. The van der Waals surface area contributed by atoms with Crippen LogP contribution in [0.2, 0.25) is 0 Å². The van der Waals surface area contributed by atoms with E-state index in [0.29, 0.717) is 37.0 Å². The van der Waals surface area contributed by atoms with Gasteiger partial charge < -0.3 is 110 Å². The van der Waals surface area contributed by atoms with E-state index < -0.39 is 171 Å². The minimum absolute atomic E-state index is 0.0826. The number of allylic oxidation sites excluding steroid dienone is 1. The van der Waals surface area contributed by atoms with Gasteiger partial charge >= 0.3 is 5.97 Å². The molecule has 24 heteroatoms. The Morgan fingerprint density at radius 1 is 0.625 bits per heavy atom. The first-order valence-electron chi connectivity index (χ1n) is 32.7. The molecule has 0 bridgehead atoms. The fourth-order valence-electron chi connectivity index (χ4n) is 17.9. The summed E-state index contributed by atoms with van der Waals surface area (Å²) in [6, 6.07) is 0. The molecular weight excluding hydrogens is 1150 g/mol. The van der Waals surface area contributed by atoms with E-state index in [1.54, 1.807) is 42.1 Å². The third-order valence-corrected chi connectivity index (χ3v) is 22.8. The number of aliphatic hydroxyl groups is 4. The van der Waals surface area contributed by atoms with Gasteiger partial charge in [-0.15, -0.1) is 0 Å². The predicted octanol–water partition coefficient (Wildman–Crippen LogP) is 5.21. The summed E-state index contributed by atoms with van der Waals surface area (Å²) in [6.07, 6.45) is -6.95. The zero-order valence-corrected chi connectivity index (χ0v) is 54.2. The normalized spacial score (nSPS) is 52.7. The molecule has 4 N–H and O–H groups in total. The quantitative estimate of drug-likeness (QED) is 0.114. The smallest absolute Gasteiger partial charge is 0.303 e. The Morgan fingerprint density at radius 2 is 1.23 bits per heavy atom. The number of ether oxygens (including phenoxy) is 19. The summed E-state index contributed by atoms with van der Waals surface area (Å²) < 4.78 is 120. The molecule has 33 atom stereocenters. The lowest BCUT2D eigenvalue weighted by Gasteiger charge is -2.59. The molecular formula is C64H104O24. The van der Waals surface area contributed by atoms with Crippen LogP contribution in [-0.4, -0.2) is 233 Å². The molecule has 4 aliphatic carbocycles. The molecule has 0 aromatic carbocycles. The Hall–Kier alpha value is -1.67. The number of carbonyl (C=O) groups is 1. The van der Waals surface area contributed by atoms with Crippen LogP contribution in [0.4, 0.5) is 0 Å². The summed E-state index contributed by atoms with van der Waals surface area (Å²) in [5.74, 6) is -0.694. The number of esters is 1. The van der Waals surface area contributed by atoms with E-state index in [4.69, 9.17) is 90.0 Å². The number of fused-ring (bicyclic) bond motifs is 6. The van der Waals surface area contributed by atoms with Crippen LogP contribution in [0.25, 0.3) is 0 Å². The lowest BCUT2D eigenvalue weighted by molar-refractivity contribution is -0.447. The molecule has 11 aliphatic rings. The minimum atomic E-state index is -1.54. The maximum Gasteiger partial charge on any atom is 0.303 e. The number of rotatable bonds is 16. The maximum absolute atomic E-state index is 12.8. The fraction of sp³-hybridized carbons (Fsp3) is 0.953. The zero-order chi connectivity index (χ0) is 62.9. The lowest BCUT2D eigenvalue weighted by Crippen LogP contribution is -2.62. The minimum Gasteiger partial charge on any atom is -0.454 e. The summed E-state index contributed by atoms with van der Waals surface area (Å²) in [7, 11) is 6.19. The second-order valence-corrected chi connectivity index (χ2v) is 27.9. The van der Waals surface area contributed by atoms with Crippen molar-refractivity contribution in [3.8, 4) is 0 Å². The first kappa shape index (κ1) is 67.7. The average Bonchev–Trinajstić information content (AvgIpc) is 1.50. The summed E-state index contributed by atoms with van der Waals surface area (Å²) in [5, 5.41) is 45.7. The molecule has 0 aromatic rings. The van der Waals surface area contributed by atoms with E-state index in [-0.39, 0.29) is 43.0 Å². The van der Waals surface area contributed by atoms with Crippen molar-refractivity contribution in [2.45, 2.75) is 324 Å². The van der Waals surface area contributed by atoms with Crippen molar-refractivity contribution < 1.29 is 115 Å². The average molecular weight is 1260 g/mol. The highest BCUT2D eigenvalue weighted by Crippen LogP contribution is 2.68. The van der Waals surface area contributed by atoms with Gasteiger partial charge in [0.05, 0.1) is 91.4 Å². The van der Waals surface area contributed by atoms with Crippen molar-refractivity contribution in [2.75, 3.05) is 35.2 Å². The van der Waals surface area contributed by atoms with E-state index in [0.717, 1.165) is 44.9 Å². The van der Waals surface area contributed by atoms with Gasteiger partial charge in [-0.3, -0.25) is 4.79 Å². The molecule has 0 aromatic heterocycles. The molecule has 1 spiro atoms. The highest BCUT2D eigenvalue weighted by atomic mass is 16.9. The molecule has 7 saturated heterocycles. The van der Waals surface area contributed by atoms with Gasteiger partial charge in [0.1, 0.15) is 42.7 Å². The van der Waals surface area contributed by atoms with Crippen LogP contribution in [0, 0.1) is 28.6 Å². The standard InChI is InChI=1S/C64H104O24/c1-30-52(68)58(73-14)59(82-37(8)65)60(80-30)86-55-33(4)78-50(26-45(55)71-12)83-53-31(2)76-48(24-43(53)67)84-54-32(3)77-51(25-44(54)70-11)85-56-35(6)87-64(28-47(56)72-13)75-29-74-46-27-49(79-34(5)57(46)88-64)81-36(7)63(69)22-19-42-40-16-15-38-23-39(66)17-20-61(38,9)41(40)18-21-62(42,63)10/h15,30-36,39-60,66-69H,16-29H2,1-14H3/t30-,31-,32-,33-,34-,35-,36+,39+,40-,41+,42+,43-,44+,45+,46-,47-,48+,49+,50+,51+,52+,53-,54-,55-,56-,57-,58+,59-,60+,61+,62+,63+,64-/m1/s1. The van der Waals surface area contributed by atoms with Gasteiger partial charge in [0.25, 0.3) is 5.97 Å². The molecule has 504 valence electrons. The highest BCUT2D eigenvalue weighted by Gasteiger charge is 2.66. The molecule has 24 nitrogen and oxygen atoms in total. The van der Waals surface area contributed by atoms with Crippen LogP contribution < -0.4 is 0 Å². The van der Waals surface area contributed by atoms with Gasteiger partial charge in [0, 0.05) is 66.5 Å². The van der Waals surface area contributed by atoms with Crippen molar-refractivity contribution in [1.29, 1.82) is 0 Å². The molecule has 10 fully saturated rings. The van der Waals surface area contributed by atoms with Gasteiger partial charge in [-0.05, 0) is 123 Å². The second-order valence-electron chi connectivity index (χ2n) is 27.9. The number of carbonyl (C=O) groups excluding carboxylic acids is 1. The third kappa shape index (κ3) is 13.0. The lowest BCUT2D eigenvalue weighted by atomic mass is 9.46. The van der Waals surface area contributed by atoms with E-state index in [1.165, 1.54) is 19.6 Å². The molecule has 88 heavy (non-hydrogen) atoms. The Balaban J connectivity index is 0.648. The molecule has 7 aliphatic heterocycles. The first-order chi connectivity index (χ1) is 41.8. The van der Waals surface area contributed by atoms with Crippen molar-refractivity contribution in [3.63, 3.8) is 0 Å². The number of hydrogen-bond donors (Lipinski definition) is 4. The Kier molecular flexibility index (Phi) is 20.9. The van der Waals surface area contributed by atoms with Crippen molar-refractivity contribution in [1.82, 2.24) is 0 Å². The first-order valence-corrected chi connectivity index (χ1v) is 32.7. The van der Waals surface area contributed by atoms with Crippen molar-refractivity contribution >= 4 is 5.97 Å². The monoisotopic (exact) mass is 1260 g/mol. The van der Waals surface area contributed by atoms with Crippen molar-refractivity contribution in [3.05, 3.63) is 11.6 Å². The van der Waals surface area contributed by atoms with E-state index >= 15 is 0 Å². The van der Waals surface area contributed by atoms with E-state index in [2.05, 4.69) is 19.9 Å². The van der Waals surface area contributed by atoms with Crippen LogP contribution in [0.15, 0.2) is 11.6 Å². The van der Waals surface area contributed by atoms with E-state index in [9.17, 15) is 25.2 Å². The van der Waals surface area contributed by atoms with Gasteiger partial charge in [-0.25, -0.2) is 0 Å². The largest absolute Gasteiger partial charge is 0.454 e. The van der Waals surface area contributed by atoms with Crippen LogP contribution >= 0.6 is 0 Å². The van der Waals surface area contributed by atoms with Gasteiger partial charge in [0.2, 0.25) is 0 Å². The summed E-state index contributed by atoms with van der Waals surface area (Å²) in [6.45, 7) is 18.9. The topological polar surface area (TPSA) is 273 Å². The van der Waals surface area contributed by atoms with Gasteiger partial charge in [-0.2, -0.15) is 0 Å². The maximum atomic E-state index is 12.8. The summed E-state index contributed by atoms with van der Waals surface area (Å²) >= 11 is 0. The highest BCUT2D eigenvalue weighted by molar-refractivity contribution is 5.66. The van der Waals surface area contributed by atoms with Gasteiger partial charge in [0.15, 0.2) is 44.3 Å². The van der Waals surface area contributed by atoms with Crippen LogP contribution in [0.1, 0.15) is 153 Å². The second kappa shape index (κ2) is 27.2. The molecule has 0 radical (unpaired) electrons. The molecule has 3 saturated carbocycles. The fourth-order valence-corrected chi connectivity index (χ4v) is 17.9. The Morgan fingerprint density at radius 3 is 1.86 bits per heavy atom. The van der Waals surface area contributed by atoms with Gasteiger partial charge in [-0.1, -0.05) is 25.5 Å². The van der Waals surface area contributed by atoms with Crippen LogP contribution in [-0.2, 0) is 94.8 Å². The molecule has 11 rings (SSSR count). The Labute approximate surface area is 518 Å². The summed E-state index contributed by atoms with van der Waals surface area (Å²) in [4.78, 5) is 12.1. The zero-order valence-electron chi connectivity index (χ0n) is 54.2. The Bertz CT molecular complexity index is 2360. The molecule has 0 unspecified atom stereocenters. The third-order valence-electron chi connectivity index (χ3n) is 22.8. The summed E-state index contributed by atoms with van der Waals surface area (Å²) in [5.41, 5.74) is 0.222. The SMILES string of the molecule is CO[C@H]1[C@@H](O)[C@@H](C)O[C@@H](O[C@H]2[C@@H](OC)C[C@H](O[C@H]3[C@H](O)C[C@H](O[C@H]4[C@@H](OC)C[C@H](O[C@@H]5[C@@H](C)O[C@@]6(C[C@H]5OC)OCO[C@@H]5C[C@H](O[C@@H](C)[C@@]7(O)CC[C@H]8[C@@H]9CC=C%10C[C@@H](O)CC[C@]%10(C)[C@H]9CC[C@@]87C)O[C@H](C)[C@H]5O6)O[C@@H]4C)O[C@@H]3C)O[C@@H]2C)[C@@H]1OC(C)=O. The predicted molar refractivity (Wildman–Crippen MR) is 307 cm³/mol. The van der Waals surface area contributed by atoms with E-state index in [1.807, 2.05) is 27.7 Å². The number of aliphatic hydroxyl groups excluding tert-OH is 3. The van der Waals surface area contributed by atoms with Crippen LogP contribution in [0.3, 0.4) is 0 Å². The van der Waals surface area contributed by atoms with Crippen molar-refractivity contribution in [2.24, 2.45) is 28.6 Å². The van der Waals surface area contributed by atoms with Crippen LogP contribution in [0.5, 0.6) is 0 Å². The molecule has 0 amide bonds.